The lowest BCUT2D eigenvalue weighted by Crippen LogP contribution is -2.21. The van der Waals surface area contributed by atoms with Gasteiger partial charge in [0.15, 0.2) is 0 Å². The Bertz CT molecular complexity index is 577. The monoisotopic (exact) mass is 242 g/mol. The zero-order chi connectivity index (χ0) is 13.1. The third-order valence-corrected chi connectivity index (χ3v) is 3.28. The third-order valence-electron chi connectivity index (χ3n) is 3.28. The van der Waals surface area contributed by atoms with Crippen LogP contribution in [-0.2, 0) is 6.54 Å². The maximum Gasteiger partial charge on any atom is 0.127 e. The number of hydrogen-bond donors (Lipinski definition) is 0. The lowest BCUT2D eigenvalue weighted by atomic mass is 10.3. The number of fused-ring (bicyclic) bond motifs is 1. The molecule has 18 heavy (non-hydrogen) atoms. The van der Waals surface area contributed by atoms with Crippen LogP contribution in [0.2, 0.25) is 0 Å². The SMILES string of the molecule is CC(c1nc2ccccc2n1CCC#N)N(C)C. The first-order chi connectivity index (χ1) is 8.65. The quantitative estimate of drug-likeness (QED) is 0.827. The highest BCUT2D eigenvalue weighted by molar-refractivity contribution is 5.76. The third kappa shape index (κ3) is 2.22. The van der Waals surface area contributed by atoms with E-state index in [1.807, 2.05) is 32.3 Å². The van der Waals surface area contributed by atoms with Crippen molar-refractivity contribution in [3.8, 4) is 6.07 Å². The number of aryl methyl sites for hydroxylation is 1. The second-order valence-corrected chi connectivity index (χ2v) is 4.66. The van der Waals surface area contributed by atoms with Crippen LogP contribution >= 0.6 is 0 Å². The van der Waals surface area contributed by atoms with Crippen molar-refractivity contribution in [1.29, 1.82) is 5.26 Å². The summed E-state index contributed by atoms with van der Waals surface area (Å²) >= 11 is 0. The van der Waals surface area contributed by atoms with Gasteiger partial charge in [-0.1, -0.05) is 12.1 Å². The van der Waals surface area contributed by atoms with Crippen LogP contribution in [0.25, 0.3) is 11.0 Å². The molecule has 0 aliphatic rings. The average Bonchev–Trinajstić information content (AvgIpc) is 2.73. The van der Waals surface area contributed by atoms with Crippen molar-refractivity contribution < 1.29 is 0 Å². The number of para-hydroxylation sites is 2. The maximum atomic E-state index is 8.78. The van der Waals surface area contributed by atoms with Crippen LogP contribution in [0.3, 0.4) is 0 Å². The Morgan fingerprint density at radius 3 is 2.78 bits per heavy atom. The van der Waals surface area contributed by atoms with E-state index in [9.17, 15) is 0 Å². The van der Waals surface area contributed by atoms with Crippen molar-refractivity contribution >= 4 is 11.0 Å². The van der Waals surface area contributed by atoms with Gasteiger partial charge in [0.1, 0.15) is 5.82 Å². The fourth-order valence-electron chi connectivity index (χ4n) is 2.04. The number of nitriles is 1. The minimum absolute atomic E-state index is 0.232. The first-order valence-corrected chi connectivity index (χ1v) is 6.13. The maximum absolute atomic E-state index is 8.78. The number of hydrogen-bond acceptors (Lipinski definition) is 3. The Kier molecular flexibility index (Phi) is 3.63. The number of rotatable bonds is 4. The molecule has 0 saturated carbocycles. The van der Waals surface area contributed by atoms with Gasteiger partial charge < -0.3 is 4.57 Å². The molecule has 4 heteroatoms. The van der Waals surface area contributed by atoms with Crippen LogP contribution in [0.4, 0.5) is 0 Å². The van der Waals surface area contributed by atoms with Gasteiger partial charge in [0, 0.05) is 6.54 Å². The minimum atomic E-state index is 0.232. The lowest BCUT2D eigenvalue weighted by molar-refractivity contribution is 0.302. The molecule has 1 aromatic heterocycles. The number of imidazole rings is 1. The second kappa shape index (κ2) is 5.19. The van der Waals surface area contributed by atoms with Crippen LogP contribution in [0.15, 0.2) is 24.3 Å². The molecule has 0 aliphatic carbocycles. The molecule has 0 spiro atoms. The van der Waals surface area contributed by atoms with Crippen LogP contribution in [0.5, 0.6) is 0 Å². The van der Waals surface area contributed by atoms with Crippen LogP contribution in [0.1, 0.15) is 25.2 Å². The van der Waals surface area contributed by atoms with Crippen molar-refractivity contribution in [3.05, 3.63) is 30.1 Å². The molecule has 0 N–H and O–H groups in total. The Morgan fingerprint density at radius 1 is 1.39 bits per heavy atom. The zero-order valence-electron chi connectivity index (χ0n) is 11.1. The van der Waals surface area contributed by atoms with E-state index in [0.29, 0.717) is 13.0 Å². The molecule has 0 radical (unpaired) electrons. The summed E-state index contributed by atoms with van der Waals surface area (Å²) in [6.07, 6.45) is 0.507. The number of aromatic nitrogens is 2. The molecular weight excluding hydrogens is 224 g/mol. The Balaban J connectivity index is 2.53. The van der Waals surface area contributed by atoms with Crippen LogP contribution in [0, 0.1) is 11.3 Å². The van der Waals surface area contributed by atoms with Gasteiger partial charge in [0.05, 0.1) is 29.6 Å². The first kappa shape index (κ1) is 12.6. The average molecular weight is 242 g/mol. The van der Waals surface area contributed by atoms with Gasteiger partial charge in [-0.15, -0.1) is 0 Å². The fourth-order valence-corrected chi connectivity index (χ4v) is 2.04. The van der Waals surface area contributed by atoms with Gasteiger partial charge in [0.25, 0.3) is 0 Å². The molecule has 0 saturated heterocycles. The van der Waals surface area contributed by atoms with Gasteiger partial charge >= 0.3 is 0 Å². The summed E-state index contributed by atoms with van der Waals surface area (Å²) in [5.74, 6) is 1.02. The molecule has 0 bridgehead atoms. The topological polar surface area (TPSA) is 44.9 Å². The van der Waals surface area contributed by atoms with Gasteiger partial charge in [-0.05, 0) is 33.2 Å². The zero-order valence-corrected chi connectivity index (χ0v) is 11.1. The number of nitrogens with zero attached hydrogens (tertiary/aromatic N) is 4. The molecule has 94 valence electrons. The summed E-state index contributed by atoms with van der Waals surface area (Å²) in [4.78, 5) is 6.83. The van der Waals surface area contributed by atoms with Crippen LogP contribution < -0.4 is 0 Å². The second-order valence-electron chi connectivity index (χ2n) is 4.66. The normalized spacial score (nSPS) is 12.8. The standard InChI is InChI=1S/C14H18N4/c1-11(17(2)3)14-16-12-7-4-5-8-13(12)18(14)10-6-9-15/h4-5,7-8,11H,6,10H2,1-3H3. The van der Waals surface area contributed by atoms with Gasteiger partial charge in [0.2, 0.25) is 0 Å². The Labute approximate surface area is 107 Å². The van der Waals surface area contributed by atoms with E-state index in [2.05, 4.69) is 28.5 Å². The predicted octanol–water partition coefficient (Wildman–Crippen LogP) is 2.57. The van der Waals surface area contributed by atoms with Crippen molar-refractivity contribution in [2.45, 2.75) is 25.9 Å². The molecule has 0 fully saturated rings. The van der Waals surface area contributed by atoms with E-state index in [0.717, 1.165) is 16.9 Å². The molecule has 4 nitrogen and oxygen atoms in total. The highest BCUT2D eigenvalue weighted by atomic mass is 15.2. The molecule has 2 aromatic rings. The smallest absolute Gasteiger partial charge is 0.127 e. The van der Waals surface area contributed by atoms with Gasteiger partial charge in [-0.25, -0.2) is 4.98 Å². The fraction of sp³-hybridized carbons (Fsp3) is 0.429. The highest BCUT2D eigenvalue weighted by Gasteiger charge is 2.17. The molecule has 1 heterocycles. The first-order valence-electron chi connectivity index (χ1n) is 6.13. The van der Waals surface area contributed by atoms with E-state index in [-0.39, 0.29) is 6.04 Å². The molecule has 1 aromatic carbocycles. The van der Waals surface area contributed by atoms with E-state index < -0.39 is 0 Å². The van der Waals surface area contributed by atoms with Crippen molar-refractivity contribution in [2.24, 2.45) is 0 Å². The van der Waals surface area contributed by atoms with Gasteiger partial charge in [-0.2, -0.15) is 5.26 Å². The van der Waals surface area contributed by atoms with Gasteiger partial charge in [-0.3, -0.25) is 4.90 Å². The summed E-state index contributed by atoms with van der Waals surface area (Å²) < 4.78 is 2.16. The van der Waals surface area contributed by atoms with E-state index in [1.165, 1.54) is 0 Å². The summed E-state index contributed by atoms with van der Waals surface area (Å²) in [7, 11) is 4.08. The molecular formula is C14H18N4. The molecule has 1 unspecified atom stereocenters. The number of benzene rings is 1. The summed E-state index contributed by atoms with van der Waals surface area (Å²) in [5, 5.41) is 8.78. The Hall–Kier alpha value is -1.86. The van der Waals surface area contributed by atoms with E-state index >= 15 is 0 Å². The van der Waals surface area contributed by atoms with E-state index in [4.69, 9.17) is 10.2 Å². The molecule has 0 aliphatic heterocycles. The molecule has 2 rings (SSSR count). The summed E-state index contributed by atoms with van der Waals surface area (Å²) in [5.41, 5.74) is 2.11. The van der Waals surface area contributed by atoms with Crippen molar-refractivity contribution in [2.75, 3.05) is 14.1 Å². The lowest BCUT2D eigenvalue weighted by Gasteiger charge is -2.20. The summed E-state index contributed by atoms with van der Waals surface area (Å²) in [6.45, 7) is 2.83. The largest absolute Gasteiger partial charge is 0.326 e. The molecule has 0 amide bonds. The van der Waals surface area contributed by atoms with Crippen LogP contribution in [-0.4, -0.2) is 28.5 Å². The minimum Gasteiger partial charge on any atom is -0.326 e. The Morgan fingerprint density at radius 2 is 2.11 bits per heavy atom. The van der Waals surface area contributed by atoms with Crippen molar-refractivity contribution in [3.63, 3.8) is 0 Å². The molecule has 1 atom stereocenters. The predicted molar refractivity (Wildman–Crippen MR) is 72.1 cm³/mol. The van der Waals surface area contributed by atoms with E-state index in [1.54, 1.807) is 0 Å². The highest BCUT2D eigenvalue weighted by Crippen LogP contribution is 2.23. The summed E-state index contributed by atoms with van der Waals surface area (Å²) in [6, 6.07) is 10.5. The van der Waals surface area contributed by atoms with Crippen molar-refractivity contribution in [1.82, 2.24) is 14.5 Å².